The highest BCUT2D eigenvalue weighted by Gasteiger charge is 2.36. The highest BCUT2D eigenvalue weighted by molar-refractivity contribution is 5.70. The maximum absolute atomic E-state index is 11.4. The average molecular weight is 216 g/mol. The van der Waals surface area contributed by atoms with Crippen molar-refractivity contribution in [2.75, 3.05) is 19.8 Å². The van der Waals surface area contributed by atoms with Gasteiger partial charge in [0, 0.05) is 6.42 Å². The molecule has 0 atom stereocenters. The van der Waals surface area contributed by atoms with Gasteiger partial charge in [0.15, 0.2) is 5.79 Å². The number of rotatable bonds is 5. The standard InChI is InChI=1S/C11H20O4/c1-3-6-11(9-10(12)13-4-2)14-7-5-8-15-11/h3-9H2,1-2H3. The van der Waals surface area contributed by atoms with E-state index in [9.17, 15) is 4.79 Å². The van der Waals surface area contributed by atoms with Gasteiger partial charge in [0.25, 0.3) is 0 Å². The molecule has 0 saturated carbocycles. The van der Waals surface area contributed by atoms with Gasteiger partial charge in [-0.1, -0.05) is 13.3 Å². The van der Waals surface area contributed by atoms with Gasteiger partial charge in [0.05, 0.1) is 26.2 Å². The average Bonchev–Trinajstić information content (AvgIpc) is 2.19. The third-order valence-corrected chi connectivity index (χ3v) is 2.37. The van der Waals surface area contributed by atoms with Crippen molar-refractivity contribution in [3.63, 3.8) is 0 Å². The summed E-state index contributed by atoms with van der Waals surface area (Å²) >= 11 is 0. The maximum atomic E-state index is 11.4. The fourth-order valence-corrected chi connectivity index (χ4v) is 1.76. The van der Waals surface area contributed by atoms with Crippen LogP contribution in [0, 0.1) is 0 Å². The van der Waals surface area contributed by atoms with Gasteiger partial charge < -0.3 is 14.2 Å². The molecule has 1 saturated heterocycles. The summed E-state index contributed by atoms with van der Waals surface area (Å²) in [5, 5.41) is 0. The van der Waals surface area contributed by atoms with E-state index in [2.05, 4.69) is 0 Å². The molecule has 1 aliphatic heterocycles. The number of carbonyl (C=O) groups is 1. The quantitative estimate of drug-likeness (QED) is 0.658. The van der Waals surface area contributed by atoms with E-state index in [1.807, 2.05) is 6.92 Å². The molecule has 0 radical (unpaired) electrons. The lowest BCUT2D eigenvalue weighted by molar-refractivity contribution is -0.273. The van der Waals surface area contributed by atoms with E-state index in [1.54, 1.807) is 6.92 Å². The summed E-state index contributed by atoms with van der Waals surface area (Å²) in [5.74, 6) is -0.966. The van der Waals surface area contributed by atoms with Crippen LogP contribution in [-0.2, 0) is 19.0 Å². The Labute approximate surface area is 90.9 Å². The van der Waals surface area contributed by atoms with E-state index < -0.39 is 5.79 Å². The van der Waals surface area contributed by atoms with Crippen LogP contribution in [0.4, 0.5) is 0 Å². The van der Waals surface area contributed by atoms with Crippen LogP contribution in [0.25, 0.3) is 0 Å². The van der Waals surface area contributed by atoms with E-state index in [0.717, 1.165) is 19.3 Å². The molecule has 88 valence electrons. The summed E-state index contributed by atoms with van der Waals surface area (Å²) in [6.45, 7) is 5.58. The summed E-state index contributed by atoms with van der Waals surface area (Å²) in [5.41, 5.74) is 0. The highest BCUT2D eigenvalue weighted by atomic mass is 16.7. The monoisotopic (exact) mass is 216 g/mol. The predicted octanol–water partition coefficient (Wildman–Crippen LogP) is 1.87. The minimum absolute atomic E-state index is 0.203. The normalized spacial score (nSPS) is 19.9. The smallest absolute Gasteiger partial charge is 0.311 e. The topological polar surface area (TPSA) is 44.8 Å². The molecule has 0 aromatic rings. The van der Waals surface area contributed by atoms with E-state index in [1.165, 1.54) is 0 Å². The van der Waals surface area contributed by atoms with Gasteiger partial charge in [-0.15, -0.1) is 0 Å². The Kier molecular flexibility index (Phi) is 5.05. The lowest BCUT2D eigenvalue weighted by Gasteiger charge is -2.36. The Morgan fingerprint density at radius 1 is 1.33 bits per heavy atom. The van der Waals surface area contributed by atoms with Gasteiger partial charge in [-0.25, -0.2) is 0 Å². The second kappa shape index (κ2) is 6.08. The summed E-state index contributed by atoms with van der Waals surface area (Å²) in [4.78, 5) is 11.4. The van der Waals surface area contributed by atoms with Crippen LogP contribution in [0.5, 0.6) is 0 Å². The summed E-state index contributed by atoms with van der Waals surface area (Å²) < 4.78 is 16.1. The SMILES string of the molecule is CCCC1(CC(=O)OCC)OCCCO1. The lowest BCUT2D eigenvalue weighted by atomic mass is 10.1. The third-order valence-electron chi connectivity index (χ3n) is 2.37. The molecular formula is C11H20O4. The highest BCUT2D eigenvalue weighted by Crippen LogP contribution is 2.28. The molecule has 0 bridgehead atoms. The number of hydrogen-bond donors (Lipinski definition) is 0. The zero-order valence-electron chi connectivity index (χ0n) is 9.58. The molecule has 0 amide bonds. The molecule has 4 heteroatoms. The molecule has 1 aliphatic rings. The Morgan fingerprint density at radius 2 is 2.00 bits per heavy atom. The van der Waals surface area contributed by atoms with Crippen molar-refractivity contribution in [3.8, 4) is 0 Å². The predicted molar refractivity (Wildman–Crippen MR) is 55.4 cm³/mol. The van der Waals surface area contributed by atoms with Crippen LogP contribution < -0.4 is 0 Å². The second-order valence-electron chi connectivity index (χ2n) is 3.69. The number of ether oxygens (including phenoxy) is 3. The molecule has 1 heterocycles. The Morgan fingerprint density at radius 3 is 2.53 bits per heavy atom. The van der Waals surface area contributed by atoms with Crippen molar-refractivity contribution in [2.24, 2.45) is 0 Å². The first-order valence-electron chi connectivity index (χ1n) is 5.66. The lowest BCUT2D eigenvalue weighted by Crippen LogP contribution is -2.42. The molecule has 0 N–H and O–H groups in total. The zero-order chi connectivity index (χ0) is 11.1. The Balaban J connectivity index is 2.51. The largest absolute Gasteiger partial charge is 0.466 e. The van der Waals surface area contributed by atoms with Crippen molar-refractivity contribution >= 4 is 5.97 Å². The molecule has 0 unspecified atom stereocenters. The van der Waals surface area contributed by atoms with Crippen LogP contribution in [-0.4, -0.2) is 31.6 Å². The van der Waals surface area contributed by atoms with Gasteiger partial charge in [0.1, 0.15) is 0 Å². The molecule has 15 heavy (non-hydrogen) atoms. The molecule has 1 rings (SSSR count). The minimum atomic E-state index is -0.723. The van der Waals surface area contributed by atoms with Crippen molar-refractivity contribution in [3.05, 3.63) is 0 Å². The van der Waals surface area contributed by atoms with Gasteiger partial charge >= 0.3 is 5.97 Å². The molecule has 0 aromatic carbocycles. The summed E-state index contributed by atoms with van der Waals surface area (Å²) in [7, 11) is 0. The molecule has 0 aliphatic carbocycles. The van der Waals surface area contributed by atoms with E-state index in [0.29, 0.717) is 19.8 Å². The minimum Gasteiger partial charge on any atom is -0.466 e. The van der Waals surface area contributed by atoms with Crippen molar-refractivity contribution in [2.45, 2.75) is 45.3 Å². The van der Waals surface area contributed by atoms with Crippen molar-refractivity contribution in [1.29, 1.82) is 0 Å². The molecule has 0 aromatic heterocycles. The zero-order valence-corrected chi connectivity index (χ0v) is 9.58. The maximum Gasteiger partial charge on any atom is 0.311 e. The second-order valence-corrected chi connectivity index (χ2v) is 3.69. The van der Waals surface area contributed by atoms with E-state index in [-0.39, 0.29) is 12.4 Å². The van der Waals surface area contributed by atoms with Crippen LogP contribution in [0.1, 0.15) is 39.5 Å². The molecular weight excluding hydrogens is 196 g/mol. The van der Waals surface area contributed by atoms with Crippen molar-refractivity contribution in [1.82, 2.24) is 0 Å². The van der Waals surface area contributed by atoms with Gasteiger partial charge in [0.2, 0.25) is 0 Å². The van der Waals surface area contributed by atoms with Gasteiger partial charge in [-0.3, -0.25) is 4.79 Å². The third kappa shape index (κ3) is 3.80. The van der Waals surface area contributed by atoms with Crippen LogP contribution >= 0.6 is 0 Å². The Hall–Kier alpha value is -0.610. The number of hydrogen-bond acceptors (Lipinski definition) is 4. The first-order chi connectivity index (χ1) is 7.22. The summed E-state index contributed by atoms with van der Waals surface area (Å²) in [6.07, 6.45) is 2.77. The van der Waals surface area contributed by atoms with Crippen molar-refractivity contribution < 1.29 is 19.0 Å². The van der Waals surface area contributed by atoms with E-state index >= 15 is 0 Å². The molecule has 1 fully saturated rings. The molecule has 0 spiro atoms. The van der Waals surface area contributed by atoms with Gasteiger partial charge in [-0.05, 0) is 13.3 Å². The van der Waals surface area contributed by atoms with Crippen LogP contribution in [0.3, 0.4) is 0 Å². The fraction of sp³-hybridized carbons (Fsp3) is 0.909. The Bertz CT molecular complexity index is 191. The molecule has 4 nitrogen and oxygen atoms in total. The first kappa shape index (κ1) is 12.5. The first-order valence-corrected chi connectivity index (χ1v) is 5.66. The number of esters is 1. The summed E-state index contributed by atoms with van der Waals surface area (Å²) in [6, 6.07) is 0. The fourth-order valence-electron chi connectivity index (χ4n) is 1.76. The van der Waals surface area contributed by atoms with E-state index in [4.69, 9.17) is 14.2 Å². The number of carbonyl (C=O) groups excluding carboxylic acids is 1. The van der Waals surface area contributed by atoms with Crippen LogP contribution in [0.15, 0.2) is 0 Å². The van der Waals surface area contributed by atoms with Crippen LogP contribution in [0.2, 0.25) is 0 Å². The van der Waals surface area contributed by atoms with Gasteiger partial charge in [-0.2, -0.15) is 0 Å².